The molecule has 7 N–H and O–H groups in total. The number of hydroxylamine groups is 1. The Hall–Kier alpha value is -4.28. The van der Waals surface area contributed by atoms with E-state index in [1.165, 1.54) is 40.4 Å². The number of aliphatic hydroxyl groups excluding tert-OH is 4. The molecular weight excluding hydrogens is 1230 g/mol. The van der Waals surface area contributed by atoms with E-state index in [1.54, 1.807) is 38.7 Å². The molecule has 24 nitrogen and oxygen atoms in total. The van der Waals surface area contributed by atoms with E-state index in [0.29, 0.717) is 39.6 Å². The normalized spacial score (nSPS) is 35.9. The summed E-state index contributed by atoms with van der Waals surface area (Å²) in [5.74, 6) is 11.0. The van der Waals surface area contributed by atoms with Gasteiger partial charge in [-0.2, -0.15) is 5.48 Å². The van der Waals surface area contributed by atoms with E-state index in [1.807, 2.05) is 43.4 Å². The van der Waals surface area contributed by atoms with Crippen molar-refractivity contribution in [2.45, 2.75) is 203 Å². The number of carbonyl (C=O) groups is 4. The van der Waals surface area contributed by atoms with E-state index in [4.69, 9.17) is 56.9 Å². The number of ketones is 1. The number of alkyl carbamates (subject to hydrolysis) is 1. The third-order valence-electron chi connectivity index (χ3n) is 15.6. The molecule has 0 spiro atoms. The Bertz CT molecular complexity index is 2780. The largest absolute Gasteiger partial charge is 0.493 e. The van der Waals surface area contributed by atoms with Gasteiger partial charge >= 0.3 is 6.09 Å². The predicted molar refractivity (Wildman–Crippen MR) is 309 cm³/mol. The molecule has 2 aliphatic carbocycles. The first-order valence-electron chi connectivity index (χ1n) is 27.9. The molecule has 0 saturated carbocycles. The number of hydrogen-bond acceptors (Lipinski definition) is 23. The molecule has 84 heavy (non-hydrogen) atoms. The highest BCUT2D eigenvalue weighted by Gasteiger charge is 2.52. The summed E-state index contributed by atoms with van der Waals surface area (Å²) in [7, 11) is 5.44. The molecule has 2 bridgehead atoms. The molecule has 2 amide bonds. The van der Waals surface area contributed by atoms with Gasteiger partial charge in [-0.05, 0) is 87.8 Å². The Morgan fingerprint density at radius 1 is 0.893 bits per heavy atom. The van der Waals surface area contributed by atoms with Gasteiger partial charge in [0, 0.05) is 62.8 Å². The van der Waals surface area contributed by atoms with Crippen LogP contribution < -0.4 is 20.3 Å². The van der Waals surface area contributed by atoms with Crippen molar-refractivity contribution in [1.82, 2.24) is 15.7 Å². The zero-order chi connectivity index (χ0) is 61.5. The highest BCUT2D eigenvalue weighted by molar-refractivity contribution is 14.1. The average molecular weight is 1310 g/mol. The molecule has 1 aromatic carbocycles. The number of likely N-dealkylation sites (N-methyl/N-ethyl adjacent to an activating group) is 1. The maximum atomic E-state index is 14.5. The van der Waals surface area contributed by atoms with Crippen molar-refractivity contribution >= 4 is 57.3 Å². The molecule has 4 heterocycles. The zero-order valence-corrected chi connectivity index (χ0v) is 52.0. The molecular formula is C58H78IN3O21S. The van der Waals surface area contributed by atoms with Crippen LogP contribution in [0.25, 0.3) is 0 Å². The van der Waals surface area contributed by atoms with E-state index in [-0.39, 0.29) is 58.8 Å². The zero-order valence-electron chi connectivity index (χ0n) is 49.1. The molecule has 4 saturated heterocycles. The van der Waals surface area contributed by atoms with E-state index in [2.05, 4.69) is 34.5 Å². The predicted octanol–water partition coefficient (Wildman–Crippen LogP) is 2.76. The van der Waals surface area contributed by atoms with Gasteiger partial charge in [-0.1, -0.05) is 55.4 Å². The molecule has 3 unspecified atom stereocenters. The Morgan fingerprint density at radius 2 is 1.61 bits per heavy atom. The number of nitrogens with zero attached hydrogens (tertiary/aromatic N) is 1. The topological polar surface area (TPSA) is 307 Å². The smallest absolute Gasteiger partial charge is 0.411 e. The number of Topliss-reactive ketones (excluding diaryl/α,β-unsaturated/α-hetero) is 1. The number of ether oxygens (including phenoxy) is 11. The first-order chi connectivity index (χ1) is 40.0. The Labute approximate surface area is 506 Å². The Kier molecular flexibility index (Phi) is 23.7. The second-order valence-corrected chi connectivity index (χ2v) is 23.2. The van der Waals surface area contributed by atoms with Crippen LogP contribution in [0.3, 0.4) is 0 Å². The van der Waals surface area contributed by atoms with Crippen molar-refractivity contribution < 1.29 is 102 Å². The number of thioether (sulfide) groups is 1. The first kappa shape index (κ1) is 67.2. The molecule has 4 aliphatic heterocycles. The highest BCUT2D eigenvalue weighted by atomic mass is 127. The Balaban J connectivity index is 1.12. The average Bonchev–Trinajstić information content (AvgIpc) is 3.06. The number of allylic oxidation sites excluding steroid dienone is 4. The fourth-order valence-corrected chi connectivity index (χ4v) is 13.1. The second kappa shape index (κ2) is 29.6. The van der Waals surface area contributed by atoms with Gasteiger partial charge in [0.25, 0.3) is 0 Å². The number of nitrogens with one attached hydrogen (secondary N) is 2. The van der Waals surface area contributed by atoms with Gasteiger partial charge in [0.15, 0.2) is 41.8 Å². The SMILES string of the molecule is CC/C=C1/C2=C(NC(=O)OC)C(=O)C[C@@]1(O)C#C/C=C\C#C[C@@H]2OC1O[C@H](C)[C@@H](NO[C@H]2C[C@H](O)[C@H](SC(=O)c3c(C)c(I)c(OC4OC(C)[C@H](O)[C@@H](OC)[C@H]4O)c(OC)c3CC)[C@@H](C)O2)[C@@H](O)[C@H]1O[C@H]1C[C@H](OC)[C@@H](N(CC)C(C)=O)CO1. The van der Waals surface area contributed by atoms with Crippen LogP contribution in [-0.4, -0.2) is 210 Å². The number of benzene rings is 1. The summed E-state index contributed by atoms with van der Waals surface area (Å²) in [6, 6.07) is -1.59. The summed E-state index contributed by atoms with van der Waals surface area (Å²) >= 11 is 2.94. The second-order valence-electron chi connectivity index (χ2n) is 21.0. The third-order valence-corrected chi connectivity index (χ3v) is 18.3. The lowest BCUT2D eigenvalue weighted by Crippen LogP contribution is -2.65. The fraction of sp³-hybridized carbons (Fsp3) is 0.655. The molecule has 464 valence electrons. The standard InChI is InChI=1S/C58H78IN3O21S/c1-13-20-33-42-37(21-18-16-17-19-22-58(33,71)25-36(65)45(42)60-57(70)75-12)80-56-52(81-39-24-38(72-9)34(26-76-39)62(15-3)31(8)63)47(67)44(28(5)78-56)61-83-40-23-35(64)53(30(7)77-40)84-54(69)41-27(4)43(59)50(49(73-10)32(41)14-2)82-55-48(68)51(74-11)46(66)29(6)79-55/h16-17,20,28-30,34-35,37-40,44,46-48,51-53,55-56,61,64,66-68,71H,13-15,23-26H2,1-12H3,(H,60,70)/b17-16-,33-20-/t28-,29?,30-,34+,35+,37+,38+,39+,40+,44-,46+,47-,48-,51-,52-,53-,55?,56?,58+/m1/s1. The number of fused-ring (bicyclic) bond motifs is 2. The minimum Gasteiger partial charge on any atom is -0.493 e. The number of carbonyl (C=O) groups excluding carboxylic acids is 4. The lowest BCUT2D eigenvalue weighted by molar-refractivity contribution is -0.337. The molecule has 0 radical (unpaired) electrons. The van der Waals surface area contributed by atoms with E-state index < -0.39 is 134 Å². The molecule has 7 rings (SSSR count). The van der Waals surface area contributed by atoms with Gasteiger partial charge in [0.2, 0.25) is 17.3 Å². The molecule has 1 aromatic rings. The summed E-state index contributed by atoms with van der Waals surface area (Å²) < 4.78 is 67.0. The summed E-state index contributed by atoms with van der Waals surface area (Å²) in [5.41, 5.74) is 2.09. The van der Waals surface area contributed by atoms with Crippen LogP contribution in [-0.2, 0) is 63.5 Å². The van der Waals surface area contributed by atoms with Gasteiger partial charge in [0.05, 0.1) is 84.4 Å². The summed E-state index contributed by atoms with van der Waals surface area (Å²) in [6.07, 6.45) is -13.6. The van der Waals surface area contributed by atoms with Crippen molar-refractivity contribution in [1.29, 1.82) is 0 Å². The lowest BCUT2D eigenvalue weighted by Gasteiger charge is -2.47. The quantitative estimate of drug-likeness (QED) is 0.0595. The Morgan fingerprint density at radius 3 is 2.24 bits per heavy atom. The van der Waals surface area contributed by atoms with Crippen LogP contribution in [0.15, 0.2) is 35.1 Å². The summed E-state index contributed by atoms with van der Waals surface area (Å²) in [5, 5.41) is 59.4. The number of aliphatic hydroxyl groups is 5. The van der Waals surface area contributed by atoms with E-state index in [9.17, 15) is 44.7 Å². The van der Waals surface area contributed by atoms with Gasteiger partial charge in [-0.3, -0.25) is 24.5 Å². The number of rotatable bonds is 19. The number of amides is 2. The molecule has 19 atom stereocenters. The van der Waals surface area contributed by atoms with Crippen molar-refractivity contribution in [2.75, 3.05) is 41.6 Å². The van der Waals surface area contributed by atoms with Crippen LogP contribution in [0.5, 0.6) is 11.5 Å². The maximum absolute atomic E-state index is 14.5. The van der Waals surface area contributed by atoms with Crippen LogP contribution >= 0.6 is 34.4 Å². The van der Waals surface area contributed by atoms with Crippen LogP contribution in [0.1, 0.15) is 95.6 Å². The van der Waals surface area contributed by atoms with Crippen LogP contribution in [0, 0.1) is 34.2 Å². The van der Waals surface area contributed by atoms with Gasteiger partial charge < -0.3 is 82.5 Å². The van der Waals surface area contributed by atoms with Gasteiger partial charge in [0.1, 0.15) is 36.6 Å². The first-order valence-corrected chi connectivity index (χ1v) is 29.8. The number of halogens is 1. The minimum atomic E-state index is -2.04. The van der Waals surface area contributed by atoms with Gasteiger partial charge in [-0.25, -0.2) is 4.79 Å². The van der Waals surface area contributed by atoms with Crippen molar-refractivity contribution in [3.63, 3.8) is 0 Å². The van der Waals surface area contributed by atoms with E-state index in [0.717, 1.165) is 18.9 Å². The molecule has 4 fully saturated rings. The molecule has 26 heteroatoms. The molecule has 6 aliphatic rings. The molecule has 0 aromatic heterocycles. The van der Waals surface area contributed by atoms with Crippen molar-refractivity contribution in [3.05, 3.63) is 55.3 Å². The van der Waals surface area contributed by atoms with Gasteiger partial charge in [-0.15, -0.1) is 0 Å². The minimum absolute atomic E-state index is 0.00123. The summed E-state index contributed by atoms with van der Waals surface area (Å²) in [4.78, 5) is 61.7. The number of hydrogen-bond donors (Lipinski definition) is 7. The monoisotopic (exact) mass is 1310 g/mol. The van der Waals surface area contributed by atoms with Crippen LogP contribution in [0.4, 0.5) is 4.79 Å². The van der Waals surface area contributed by atoms with E-state index >= 15 is 0 Å². The van der Waals surface area contributed by atoms with Crippen molar-refractivity contribution in [2.24, 2.45) is 0 Å². The van der Waals surface area contributed by atoms with Crippen molar-refractivity contribution in [3.8, 4) is 35.2 Å². The highest BCUT2D eigenvalue weighted by Crippen LogP contribution is 2.46. The fourth-order valence-electron chi connectivity index (χ4n) is 11.3. The van der Waals surface area contributed by atoms with Crippen LogP contribution in [0.2, 0.25) is 0 Å². The maximum Gasteiger partial charge on any atom is 0.411 e. The number of methoxy groups -OCH3 is 4. The summed E-state index contributed by atoms with van der Waals surface area (Å²) in [6.45, 7) is 14.0. The lowest BCUT2D eigenvalue weighted by atomic mass is 9.75. The third kappa shape index (κ3) is 14.5.